The number of carbonyl (C=O) groups is 1. The van der Waals surface area contributed by atoms with Gasteiger partial charge in [0.25, 0.3) is 0 Å². The summed E-state index contributed by atoms with van der Waals surface area (Å²) < 4.78 is 5.49. The van der Waals surface area contributed by atoms with Crippen molar-refractivity contribution in [3.05, 3.63) is 18.5 Å². The van der Waals surface area contributed by atoms with Crippen molar-refractivity contribution in [2.24, 2.45) is 0 Å². The highest BCUT2D eigenvalue weighted by Crippen LogP contribution is 2.20. The van der Waals surface area contributed by atoms with Gasteiger partial charge in [0.15, 0.2) is 0 Å². The number of ether oxygens (including phenoxy) is 1. The first kappa shape index (κ1) is 15.5. The second kappa shape index (κ2) is 6.74. The molecule has 6 nitrogen and oxygen atoms in total. The minimum Gasteiger partial charge on any atom is -0.444 e. The Morgan fingerprint density at radius 1 is 1.38 bits per heavy atom. The normalized spacial score (nSPS) is 19.2. The topological polar surface area (TPSA) is 67.3 Å². The van der Waals surface area contributed by atoms with Crippen LogP contribution in [0.2, 0.25) is 0 Å². The first-order chi connectivity index (χ1) is 9.96. The Balaban J connectivity index is 1.94. The van der Waals surface area contributed by atoms with Gasteiger partial charge in [0, 0.05) is 25.5 Å². The van der Waals surface area contributed by atoms with Gasteiger partial charge >= 0.3 is 6.09 Å². The lowest BCUT2D eigenvalue weighted by atomic mass is 10.0. The summed E-state index contributed by atoms with van der Waals surface area (Å²) in [5.41, 5.74) is -0.463. The minimum absolute atomic E-state index is 0.123. The Kier molecular flexibility index (Phi) is 4.98. The van der Waals surface area contributed by atoms with E-state index in [2.05, 4.69) is 15.3 Å². The Morgan fingerprint density at radius 3 is 2.76 bits per heavy atom. The van der Waals surface area contributed by atoms with Crippen molar-refractivity contribution in [1.82, 2.24) is 14.9 Å². The zero-order chi connectivity index (χ0) is 15.3. The summed E-state index contributed by atoms with van der Waals surface area (Å²) in [6, 6.07) is 1.90. The molecule has 0 aromatic carbocycles. The number of amides is 1. The molecule has 21 heavy (non-hydrogen) atoms. The summed E-state index contributed by atoms with van der Waals surface area (Å²) >= 11 is 0. The number of nitrogens with zero attached hydrogens (tertiary/aromatic N) is 3. The fourth-order valence-electron chi connectivity index (χ4n) is 2.37. The van der Waals surface area contributed by atoms with Gasteiger partial charge in [0.1, 0.15) is 5.60 Å². The molecule has 1 N–H and O–H groups in total. The Labute approximate surface area is 125 Å². The minimum atomic E-state index is -0.463. The van der Waals surface area contributed by atoms with Gasteiger partial charge in [0.2, 0.25) is 5.95 Å². The van der Waals surface area contributed by atoms with E-state index in [1.54, 1.807) is 18.5 Å². The van der Waals surface area contributed by atoms with Gasteiger partial charge in [0.05, 0.1) is 6.04 Å². The van der Waals surface area contributed by atoms with E-state index in [9.17, 15) is 4.79 Å². The van der Waals surface area contributed by atoms with E-state index in [1.807, 2.05) is 25.7 Å². The molecule has 2 heterocycles. The number of aromatic nitrogens is 2. The number of hydrogen-bond acceptors (Lipinski definition) is 5. The average Bonchev–Trinajstić information content (AvgIpc) is 2.45. The molecule has 1 aromatic rings. The van der Waals surface area contributed by atoms with Crippen molar-refractivity contribution < 1.29 is 9.53 Å². The second-order valence-electron chi connectivity index (χ2n) is 6.28. The van der Waals surface area contributed by atoms with Crippen LogP contribution >= 0.6 is 0 Å². The van der Waals surface area contributed by atoms with E-state index in [0.717, 1.165) is 25.8 Å². The van der Waals surface area contributed by atoms with Crippen LogP contribution in [0.3, 0.4) is 0 Å². The quantitative estimate of drug-likeness (QED) is 0.927. The molecule has 0 aliphatic carbocycles. The highest BCUT2D eigenvalue weighted by atomic mass is 16.6. The molecule has 1 fully saturated rings. The zero-order valence-electron chi connectivity index (χ0n) is 13.0. The van der Waals surface area contributed by atoms with Crippen molar-refractivity contribution in [2.45, 2.75) is 51.7 Å². The molecule has 0 saturated carbocycles. The molecule has 0 bridgehead atoms. The van der Waals surface area contributed by atoms with Crippen LogP contribution in [0.5, 0.6) is 0 Å². The van der Waals surface area contributed by atoms with Crippen LogP contribution < -0.4 is 5.32 Å². The number of hydrogen-bond donors (Lipinski definition) is 1. The van der Waals surface area contributed by atoms with Gasteiger partial charge in [-0.1, -0.05) is 0 Å². The summed E-state index contributed by atoms with van der Waals surface area (Å²) in [6.07, 6.45) is 6.28. The summed E-state index contributed by atoms with van der Waals surface area (Å²) in [7, 11) is 0. The van der Waals surface area contributed by atoms with Crippen molar-refractivity contribution in [1.29, 1.82) is 0 Å². The monoisotopic (exact) mass is 292 g/mol. The summed E-state index contributed by atoms with van der Waals surface area (Å²) in [5, 5.41) is 3.19. The lowest BCUT2D eigenvalue weighted by Crippen LogP contribution is -2.49. The molecule has 1 aliphatic rings. The Morgan fingerprint density at radius 2 is 2.10 bits per heavy atom. The third kappa shape index (κ3) is 4.88. The van der Waals surface area contributed by atoms with E-state index in [-0.39, 0.29) is 12.1 Å². The van der Waals surface area contributed by atoms with Crippen molar-refractivity contribution >= 4 is 12.0 Å². The van der Waals surface area contributed by atoms with Crippen LogP contribution in [0, 0.1) is 0 Å². The number of rotatable bonds is 3. The van der Waals surface area contributed by atoms with Crippen LogP contribution in [0.4, 0.5) is 10.7 Å². The highest BCUT2D eigenvalue weighted by molar-refractivity contribution is 5.68. The molecule has 1 unspecified atom stereocenters. The summed E-state index contributed by atoms with van der Waals surface area (Å²) in [4.78, 5) is 22.4. The van der Waals surface area contributed by atoms with Gasteiger partial charge in [-0.05, 0) is 46.1 Å². The van der Waals surface area contributed by atoms with Crippen LogP contribution in [0.25, 0.3) is 0 Å². The number of nitrogens with one attached hydrogen (secondary N) is 1. The number of anilines is 1. The van der Waals surface area contributed by atoms with Gasteiger partial charge in [-0.25, -0.2) is 14.8 Å². The van der Waals surface area contributed by atoms with E-state index in [1.165, 1.54) is 0 Å². The Hall–Kier alpha value is -1.85. The largest absolute Gasteiger partial charge is 0.444 e. The molecule has 1 saturated heterocycles. The van der Waals surface area contributed by atoms with Crippen molar-refractivity contribution in [2.75, 3.05) is 18.4 Å². The van der Waals surface area contributed by atoms with E-state index < -0.39 is 5.60 Å². The molecular formula is C15H24N4O2. The zero-order valence-corrected chi connectivity index (χ0v) is 13.0. The molecule has 6 heteroatoms. The van der Waals surface area contributed by atoms with Crippen LogP contribution in [0.1, 0.15) is 40.0 Å². The molecule has 0 spiro atoms. The maximum Gasteiger partial charge on any atom is 0.410 e. The molecule has 2 rings (SSSR count). The molecule has 1 aromatic heterocycles. The van der Waals surface area contributed by atoms with E-state index in [4.69, 9.17) is 4.74 Å². The fourth-order valence-corrected chi connectivity index (χ4v) is 2.37. The molecule has 1 amide bonds. The van der Waals surface area contributed by atoms with Crippen molar-refractivity contribution in [3.8, 4) is 0 Å². The predicted octanol–water partition coefficient (Wildman–Crippen LogP) is 2.68. The van der Waals surface area contributed by atoms with Crippen LogP contribution in [0.15, 0.2) is 18.5 Å². The first-order valence-corrected chi connectivity index (χ1v) is 7.46. The van der Waals surface area contributed by atoms with Gasteiger partial charge in [-0.2, -0.15) is 0 Å². The van der Waals surface area contributed by atoms with E-state index >= 15 is 0 Å². The SMILES string of the molecule is CC(C)(C)OC(=O)N1CCCCC1CNc1ncccn1. The standard InChI is InChI=1S/C15H24N4O2/c1-15(2,3)21-14(20)19-10-5-4-7-12(19)11-18-13-16-8-6-9-17-13/h6,8-9,12H,4-5,7,10-11H2,1-3H3,(H,16,17,18). The number of likely N-dealkylation sites (tertiary alicyclic amines) is 1. The number of piperidine rings is 1. The van der Waals surface area contributed by atoms with E-state index in [0.29, 0.717) is 12.5 Å². The maximum atomic E-state index is 12.3. The summed E-state index contributed by atoms with van der Waals surface area (Å²) in [6.45, 7) is 7.06. The van der Waals surface area contributed by atoms with Crippen LogP contribution in [-0.4, -0.2) is 45.7 Å². The molecule has 1 aliphatic heterocycles. The van der Waals surface area contributed by atoms with Crippen LogP contribution in [-0.2, 0) is 4.74 Å². The molecular weight excluding hydrogens is 268 g/mol. The first-order valence-electron chi connectivity index (χ1n) is 7.46. The average molecular weight is 292 g/mol. The van der Waals surface area contributed by atoms with Crippen molar-refractivity contribution in [3.63, 3.8) is 0 Å². The van der Waals surface area contributed by atoms with Gasteiger partial charge in [-0.3, -0.25) is 0 Å². The second-order valence-corrected chi connectivity index (χ2v) is 6.28. The molecule has 116 valence electrons. The highest BCUT2D eigenvalue weighted by Gasteiger charge is 2.30. The number of carbonyl (C=O) groups excluding carboxylic acids is 1. The molecule has 0 radical (unpaired) electrons. The third-order valence-electron chi connectivity index (χ3n) is 3.32. The predicted molar refractivity (Wildman–Crippen MR) is 81.1 cm³/mol. The maximum absolute atomic E-state index is 12.3. The lowest BCUT2D eigenvalue weighted by molar-refractivity contribution is 0.0114. The smallest absolute Gasteiger partial charge is 0.410 e. The lowest BCUT2D eigenvalue weighted by Gasteiger charge is -2.36. The summed E-state index contributed by atoms with van der Waals surface area (Å²) in [5.74, 6) is 0.590. The third-order valence-corrected chi connectivity index (χ3v) is 3.32. The fraction of sp³-hybridized carbons (Fsp3) is 0.667. The van der Waals surface area contributed by atoms with Gasteiger partial charge in [-0.15, -0.1) is 0 Å². The Bertz CT molecular complexity index is 458. The molecule has 1 atom stereocenters. The van der Waals surface area contributed by atoms with Gasteiger partial charge < -0.3 is 15.0 Å².